The Morgan fingerprint density at radius 1 is 1.29 bits per heavy atom. The largest absolute Gasteiger partial charge is 0.494 e. The monoisotopic (exact) mass is 378 g/mol. The normalized spacial score (nSPS) is 10.8. The minimum Gasteiger partial charge on any atom is -0.494 e. The average molecular weight is 379 g/mol. The van der Waals surface area contributed by atoms with E-state index >= 15 is 0 Å². The van der Waals surface area contributed by atoms with Crippen molar-refractivity contribution in [1.82, 2.24) is 4.98 Å². The van der Waals surface area contributed by atoms with E-state index in [1.165, 1.54) is 11.8 Å². The molecule has 0 saturated carbocycles. The topological polar surface area (TPSA) is 51.2 Å². The predicted molar refractivity (Wildman–Crippen MR) is 102 cm³/mol. The van der Waals surface area contributed by atoms with E-state index in [0.29, 0.717) is 17.4 Å². The third kappa shape index (κ3) is 4.41. The van der Waals surface area contributed by atoms with Crippen molar-refractivity contribution in [2.45, 2.75) is 11.3 Å². The van der Waals surface area contributed by atoms with Gasteiger partial charge in [0.2, 0.25) is 5.91 Å². The Kier molecular flexibility index (Phi) is 5.60. The third-order valence-corrected chi connectivity index (χ3v) is 5.52. The van der Waals surface area contributed by atoms with Crippen LogP contribution < -0.4 is 10.1 Å². The van der Waals surface area contributed by atoms with Crippen LogP contribution in [0.3, 0.4) is 0 Å². The molecule has 24 heavy (non-hydrogen) atoms. The Balaban J connectivity index is 1.60. The van der Waals surface area contributed by atoms with Crippen LogP contribution in [0.25, 0.3) is 10.2 Å². The molecule has 1 amide bonds. The fourth-order valence-electron chi connectivity index (χ4n) is 2.06. The first-order chi connectivity index (χ1) is 11.6. The average Bonchev–Trinajstić information content (AvgIpc) is 2.98. The van der Waals surface area contributed by atoms with Crippen LogP contribution in [-0.2, 0) is 4.79 Å². The number of hydrogen-bond donors (Lipinski definition) is 1. The maximum Gasteiger partial charge on any atom is 0.234 e. The molecule has 1 heterocycles. The number of hydrogen-bond acceptors (Lipinski definition) is 5. The number of benzene rings is 2. The van der Waals surface area contributed by atoms with Crippen LogP contribution in [0.2, 0.25) is 5.02 Å². The van der Waals surface area contributed by atoms with Crippen molar-refractivity contribution in [2.75, 3.05) is 17.7 Å². The van der Waals surface area contributed by atoms with E-state index in [1.54, 1.807) is 35.6 Å². The van der Waals surface area contributed by atoms with E-state index in [-0.39, 0.29) is 5.91 Å². The van der Waals surface area contributed by atoms with Crippen LogP contribution >= 0.6 is 34.7 Å². The van der Waals surface area contributed by atoms with Crippen LogP contribution in [0.15, 0.2) is 46.8 Å². The van der Waals surface area contributed by atoms with Crippen molar-refractivity contribution in [3.8, 4) is 5.75 Å². The number of anilines is 1. The zero-order chi connectivity index (χ0) is 16.9. The summed E-state index contributed by atoms with van der Waals surface area (Å²) in [4.78, 5) is 16.6. The fourth-order valence-corrected chi connectivity index (χ4v) is 4.08. The van der Waals surface area contributed by atoms with Crippen molar-refractivity contribution in [3.63, 3.8) is 0 Å². The molecule has 0 fully saturated rings. The molecule has 0 unspecified atom stereocenters. The third-order valence-electron chi connectivity index (χ3n) is 3.11. The molecule has 124 valence electrons. The maximum absolute atomic E-state index is 12.0. The number of carbonyl (C=O) groups is 1. The number of thioether (sulfide) groups is 1. The van der Waals surface area contributed by atoms with Gasteiger partial charge in [-0.05, 0) is 49.4 Å². The van der Waals surface area contributed by atoms with Crippen LogP contribution in [0, 0.1) is 0 Å². The Morgan fingerprint density at radius 3 is 2.83 bits per heavy atom. The Morgan fingerprint density at radius 2 is 2.08 bits per heavy atom. The molecule has 4 nitrogen and oxygen atoms in total. The van der Waals surface area contributed by atoms with Gasteiger partial charge < -0.3 is 10.1 Å². The molecular formula is C17H15ClN2O2S2. The lowest BCUT2D eigenvalue weighted by atomic mass is 10.3. The molecule has 0 saturated heterocycles. The summed E-state index contributed by atoms with van der Waals surface area (Å²) in [5.41, 5.74) is 1.65. The lowest BCUT2D eigenvalue weighted by Crippen LogP contribution is -2.13. The van der Waals surface area contributed by atoms with Gasteiger partial charge in [-0.25, -0.2) is 4.98 Å². The van der Waals surface area contributed by atoms with Gasteiger partial charge in [-0.1, -0.05) is 23.4 Å². The molecule has 0 radical (unpaired) electrons. The Bertz CT molecular complexity index is 849. The lowest BCUT2D eigenvalue weighted by molar-refractivity contribution is -0.113. The predicted octanol–water partition coefficient (Wildman–Crippen LogP) is 5.08. The molecule has 1 N–H and O–H groups in total. The second kappa shape index (κ2) is 7.88. The standard InChI is InChI=1S/C17H15ClN2O2S2/c1-2-22-13-7-8-14-15(9-13)24-17(20-14)23-10-16(21)19-12-5-3-11(18)4-6-12/h3-9H,2,10H2,1H3,(H,19,21). The second-order valence-electron chi connectivity index (χ2n) is 4.89. The minimum absolute atomic E-state index is 0.0726. The Hall–Kier alpha value is -1.76. The van der Waals surface area contributed by atoms with Gasteiger partial charge in [0.1, 0.15) is 5.75 Å². The van der Waals surface area contributed by atoms with Crippen molar-refractivity contribution in [3.05, 3.63) is 47.5 Å². The summed E-state index contributed by atoms with van der Waals surface area (Å²) in [7, 11) is 0. The van der Waals surface area contributed by atoms with Gasteiger partial charge in [-0.15, -0.1) is 11.3 Å². The van der Waals surface area contributed by atoms with Crippen molar-refractivity contribution in [2.24, 2.45) is 0 Å². The van der Waals surface area contributed by atoms with E-state index in [0.717, 1.165) is 26.0 Å². The number of amides is 1. The highest BCUT2D eigenvalue weighted by Gasteiger charge is 2.09. The van der Waals surface area contributed by atoms with E-state index in [4.69, 9.17) is 16.3 Å². The van der Waals surface area contributed by atoms with Gasteiger partial charge in [0.25, 0.3) is 0 Å². The SMILES string of the molecule is CCOc1ccc2nc(SCC(=O)Nc3ccc(Cl)cc3)sc2c1. The molecule has 0 atom stereocenters. The molecule has 1 aromatic heterocycles. The summed E-state index contributed by atoms with van der Waals surface area (Å²) >= 11 is 8.81. The number of aromatic nitrogens is 1. The summed E-state index contributed by atoms with van der Waals surface area (Å²) in [6, 6.07) is 12.9. The molecular weight excluding hydrogens is 364 g/mol. The molecule has 2 aromatic carbocycles. The molecule has 7 heteroatoms. The highest BCUT2D eigenvalue weighted by molar-refractivity contribution is 8.01. The van der Waals surface area contributed by atoms with Gasteiger partial charge in [-0.2, -0.15) is 0 Å². The summed E-state index contributed by atoms with van der Waals surface area (Å²) in [6.45, 7) is 2.59. The number of nitrogens with zero attached hydrogens (tertiary/aromatic N) is 1. The first kappa shape index (κ1) is 17.1. The molecule has 3 aromatic rings. The summed E-state index contributed by atoms with van der Waals surface area (Å²) in [5, 5.41) is 3.48. The minimum atomic E-state index is -0.0726. The van der Waals surface area contributed by atoms with E-state index in [1.807, 2.05) is 25.1 Å². The molecule has 3 rings (SSSR count). The smallest absolute Gasteiger partial charge is 0.234 e. The van der Waals surface area contributed by atoms with E-state index in [9.17, 15) is 4.79 Å². The zero-order valence-corrected chi connectivity index (χ0v) is 15.3. The number of carbonyl (C=O) groups excluding carboxylic acids is 1. The number of rotatable bonds is 6. The lowest BCUT2D eigenvalue weighted by Gasteiger charge is -2.03. The summed E-state index contributed by atoms with van der Waals surface area (Å²) in [5.74, 6) is 1.07. The number of halogens is 1. The summed E-state index contributed by atoms with van der Waals surface area (Å²) in [6.07, 6.45) is 0. The van der Waals surface area contributed by atoms with Crippen molar-refractivity contribution < 1.29 is 9.53 Å². The highest BCUT2D eigenvalue weighted by atomic mass is 35.5. The highest BCUT2D eigenvalue weighted by Crippen LogP contribution is 2.32. The molecule has 0 aliphatic rings. The maximum atomic E-state index is 12.0. The fraction of sp³-hybridized carbons (Fsp3) is 0.176. The van der Waals surface area contributed by atoms with E-state index in [2.05, 4.69) is 10.3 Å². The van der Waals surface area contributed by atoms with Crippen LogP contribution in [-0.4, -0.2) is 23.3 Å². The van der Waals surface area contributed by atoms with Crippen LogP contribution in [0.4, 0.5) is 5.69 Å². The van der Waals surface area contributed by atoms with Crippen LogP contribution in [0.5, 0.6) is 5.75 Å². The number of ether oxygens (including phenoxy) is 1. The number of thiazole rings is 1. The van der Waals surface area contributed by atoms with Gasteiger partial charge >= 0.3 is 0 Å². The van der Waals surface area contributed by atoms with Gasteiger partial charge in [0.05, 0.1) is 22.6 Å². The van der Waals surface area contributed by atoms with Gasteiger partial charge in [0.15, 0.2) is 4.34 Å². The summed E-state index contributed by atoms with van der Waals surface area (Å²) < 4.78 is 7.42. The second-order valence-corrected chi connectivity index (χ2v) is 7.58. The van der Waals surface area contributed by atoms with Gasteiger partial charge in [-0.3, -0.25) is 4.79 Å². The first-order valence-electron chi connectivity index (χ1n) is 7.35. The first-order valence-corrected chi connectivity index (χ1v) is 9.53. The molecule has 0 spiro atoms. The van der Waals surface area contributed by atoms with Crippen molar-refractivity contribution >= 4 is 56.5 Å². The molecule has 0 aliphatic carbocycles. The quantitative estimate of drug-likeness (QED) is 0.608. The van der Waals surface area contributed by atoms with Gasteiger partial charge in [0, 0.05) is 10.7 Å². The van der Waals surface area contributed by atoms with E-state index < -0.39 is 0 Å². The molecule has 0 bridgehead atoms. The van der Waals surface area contributed by atoms with Crippen LogP contribution in [0.1, 0.15) is 6.92 Å². The molecule has 0 aliphatic heterocycles. The zero-order valence-electron chi connectivity index (χ0n) is 12.9. The number of fused-ring (bicyclic) bond motifs is 1. The Labute approximate surface area is 153 Å². The number of nitrogens with one attached hydrogen (secondary N) is 1. The van der Waals surface area contributed by atoms with Crippen molar-refractivity contribution in [1.29, 1.82) is 0 Å².